The summed E-state index contributed by atoms with van der Waals surface area (Å²) in [4.78, 5) is 10.1. The molecule has 1 aliphatic heterocycles. The maximum Gasteiger partial charge on any atom is 0.147 e. The Morgan fingerprint density at radius 3 is 2.76 bits per heavy atom. The normalized spacial score (nSPS) is 14.1. The molecule has 33 heavy (non-hydrogen) atoms. The van der Waals surface area contributed by atoms with Gasteiger partial charge in [0.2, 0.25) is 0 Å². The van der Waals surface area contributed by atoms with Crippen LogP contribution in [0, 0.1) is 6.92 Å². The Morgan fingerprint density at radius 1 is 1.00 bits per heavy atom. The van der Waals surface area contributed by atoms with Gasteiger partial charge in [0.25, 0.3) is 0 Å². The molecule has 0 bridgehead atoms. The van der Waals surface area contributed by atoms with E-state index >= 15 is 0 Å². The molecule has 0 aliphatic carbocycles. The third-order valence-corrected chi connectivity index (χ3v) is 7.32. The first-order valence-electron chi connectivity index (χ1n) is 11.0. The lowest BCUT2D eigenvalue weighted by Crippen LogP contribution is -2.31. The third-order valence-electron chi connectivity index (χ3n) is 6.83. The van der Waals surface area contributed by atoms with Gasteiger partial charge in [-0.15, -0.1) is 0 Å². The van der Waals surface area contributed by atoms with Crippen LogP contribution in [0.4, 0.5) is 5.82 Å². The standard InChI is InChI=1S/C26H19Cl2N5/c1-14-3-2-4-17-23-16-7-9-29-21(16)6-5-18(23)25-19-13-32(26-20(28)11-15(27)12-30-26)10-8-22(19)31-33(25)24(14)17/h2-7,9,11-12,29H,8,10,13H2,1H3. The van der Waals surface area contributed by atoms with Crippen molar-refractivity contribution in [3.63, 3.8) is 0 Å². The number of benzene rings is 2. The predicted octanol–water partition coefficient (Wildman–Crippen LogP) is 6.69. The van der Waals surface area contributed by atoms with Crippen LogP contribution in [-0.4, -0.2) is 26.1 Å². The second-order valence-corrected chi connectivity index (χ2v) is 9.56. The summed E-state index contributed by atoms with van der Waals surface area (Å²) in [6.45, 7) is 3.67. The Morgan fingerprint density at radius 2 is 1.88 bits per heavy atom. The summed E-state index contributed by atoms with van der Waals surface area (Å²) in [5, 5.41) is 11.2. The SMILES string of the molecule is Cc1cccc2c3c4cc[nH]c4ccc3c3c4c(nn3c12)CCN(c1ncc(Cl)cc1Cl)C4. The summed E-state index contributed by atoms with van der Waals surface area (Å²) in [6, 6.07) is 14.8. The fourth-order valence-corrected chi connectivity index (χ4v) is 5.89. The first kappa shape index (κ1) is 19.2. The molecule has 0 spiro atoms. The van der Waals surface area contributed by atoms with Gasteiger partial charge in [-0.3, -0.25) is 0 Å². The van der Waals surface area contributed by atoms with Gasteiger partial charge in [0.05, 0.1) is 26.8 Å². The lowest BCUT2D eigenvalue weighted by atomic mass is 9.97. The van der Waals surface area contributed by atoms with Crippen LogP contribution in [0.3, 0.4) is 0 Å². The monoisotopic (exact) mass is 471 g/mol. The molecule has 0 amide bonds. The topological polar surface area (TPSA) is 49.2 Å². The number of aromatic nitrogens is 4. The molecule has 6 aromatic rings. The maximum atomic E-state index is 6.52. The molecule has 0 radical (unpaired) electrons. The van der Waals surface area contributed by atoms with Crippen molar-refractivity contribution >= 4 is 67.1 Å². The van der Waals surface area contributed by atoms with E-state index in [1.54, 1.807) is 12.3 Å². The molecule has 5 nitrogen and oxygen atoms in total. The van der Waals surface area contributed by atoms with Crippen molar-refractivity contribution in [3.05, 3.63) is 81.7 Å². The zero-order valence-corrected chi connectivity index (χ0v) is 19.4. The molecule has 7 heteroatoms. The number of hydrogen-bond acceptors (Lipinski definition) is 3. The second-order valence-electron chi connectivity index (χ2n) is 8.71. The molecule has 1 aliphatic rings. The molecule has 5 heterocycles. The van der Waals surface area contributed by atoms with E-state index in [9.17, 15) is 0 Å². The molecule has 0 saturated carbocycles. The number of para-hydroxylation sites is 1. The minimum absolute atomic E-state index is 0.542. The van der Waals surface area contributed by atoms with Gasteiger partial charge >= 0.3 is 0 Å². The summed E-state index contributed by atoms with van der Waals surface area (Å²) < 4.78 is 2.16. The molecule has 1 N–H and O–H groups in total. The van der Waals surface area contributed by atoms with Gasteiger partial charge in [-0.25, -0.2) is 9.50 Å². The number of H-pyrrole nitrogens is 1. The molecule has 0 saturated heterocycles. The first-order valence-corrected chi connectivity index (χ1v) is 11.7. The average Bonchev–Trinajstić information content (AvgIpc) is 3.43. The molecule has 0 fully saturated rings. The van der Waals surface area contributed by atoms with Crippen LogP contribution < -0.4 is 4.90 Å². The highest BCUT2D eigenvalue weighted by atomic mass is 35.5. The Kier molecular flexibility index (Phi) is 3.99. The lowest BCUT2D eigenvalue weighted by molar-refractivity contribution is 0.710. The summed E-state index contributed by atoms with van der Waals surface area (Å²) >= 11 is 12.6. The van der Waals surface area contributed by atoms with Crippen molar-refractivity contribution in [3.8, 4) is 0 Å². The zero-order chi connectivity index (χ0) is 22.3. The summed E-state index contributed by atoms with van der Waals surface area (Å²) in [5.41, 5.74) is 7.06. The van der Waals surface area contributed by atoms with E-state index in [4.69, 9.17) is 28.3 Å². The van der Waals surface area contributed by atoms with E-state index in [2.05, 4.69) is 62.7 Å². The highest BCUT2D eigenvalue weighted by molar-refractivity contribution is 6.36. The Labute approximate surface area is 199 Å². The number of aryl methyl sites for hydroxylation is 1. The smallest absolute Gasteiger partial charge is 0.147 e. The van der Waals surface area contributed by atoms with Crippen LogP contribution in [0.1, 0.15) is 16.8 Å². The number of hydrogen-bond donors (Lipinski definition) is 1. The van der Waals surface area contributed by atoms with Gasteiger partial charge in [-0.1, -0.05) is 47.5 Å². The maximum absolute atomic E-state index is 6.52. The van der Waals surface area contributed by atoms with Crippen molar-refractivity contribution in [2.45, 2.75) is 19.9 Å². The summed E-state index contributed by atoms with van der Waals surface area (Å²) in [5.74, 6) is 0.764. The van der Waals surface area contributed by atoms with Gasteiger partial charge in [-0.05, 0) is 30.7 Å². The predicted molar refractivity (Wildman–Crippen MR) is 136 cm³/mol. The van der Waals surface area contributed by atoms with Crippen LogP contribution in [0.15, 0.2) is 54.9 Å². The zero-order valence-electron chi connectivity index (χ0n) is 17.9. The summed E-state index contributed by atoms with van der Waals surface area (Å²) in [6.07, 6.45) is 4.50. The van der Waals surface area contributed by atoms with Crippen LogP contribution in [-0.2, 0) is 13.0 Å². The van der Waals surface area contributed by atoms with Crippen LogP contribution in [0.5, 0.6) is 0 Å². The van der Waals surface area contributed by atoms with E-state index in [1.807, 2.05) is 6.20 Å². The van der Waals surface area contributed by atoms with Gasteiger partial charge < -0.3 is 9.88 Å². The molecule has 0 atom stereocenters. The number of pyridine rings is 2. The van der Waals surface area contributed by atoms with Crippen LogP contribution >= 0.6 is 23.2 Å². The molecular formula is C26H19Cl2N5. The molecule has 0 unspecified atom stereocenters. The minimum atomic E-state index is 0.542. The van der Waals surface area contributed by atoms with E-state index in [1.165, 1.54) is 38.2 Å². The fraction of sp³-hybridized carbons (Fsp3) is 0.154. The van der Waals surface area contributed by atoms with E-state index < -0.39 is 0 Å². The molecular weight excluding hydrogens is 453 g/mol. The number of halogens is 2. The number of aromatic amines is 1. The Balaban J connectivity index is 1.57. The fourth-order valence-electron chi connectivity index (χ4n) is 5.40. The first-order chi connectivity index (χ1) is 16.1. The highest BCUT2D eigenvalue weighted by Gasteiger charge is 2.27. The third kappa shape index (κ3) is 2.66. The van der Waals surface area contributed by atoms with Crippen molar-refractivity contribution in [1.29, 1.82) is 0 Å². The van der Waals surface area contributed by atoms with Crippen LogP contribution in [0.25, 0.3) is 38.1 Å². The number of rotatable bonds is 1. The van der Waals surface area contributed by atoms with E-state index in [0.717, 1.165) is 35.5 Å². The second kappa shape index (κ2) is 6.86. The number of anilines is 1. The molecule has 7 rings (SSSR count). The number of nitrogens with zero attached hydrogens (tertiary/aromatic N) is 4. The molecule has 4 aromatic heterocycles. The van der Waals surface area contributed by atoms with Crippen molar-refractivity contribution in [1.82, 2.24) is 19.6 Å². The minimum Gasteiger partial charge on any atom is -0.361 e. The van der Waals surface area contributed by atoms with Crippen molar-refractivity contribution in [2.24, 2.45) is 0 Å². The van der Waals surface area contributed by atoms with Gasteiger partial charge in [0, 0.05) is 64.5 Å². The van der Waals surface area contributed by atoms with Gasteiger partial charge in [0.1, 0.15) is 5.82 Å². The highest BCUT2D eigenvalue weighted by Crippen LogP contribution is 2.39. The quantitative estimate of drug-likeness (QED) is 0.271. The van der Waals surface area contributed by atoms with Crippen molar-refractivity contribution < 1.29 is 0 Å². The number of fused-ring (bicyclic) bond motifs is 10. The number of nitrogens with one attached hydrogen (secondary N) is 1. The van der Waals surface area contributed by atoms with E-state index in [0.29, 0.717) is 16.6 Å². The van der Waals surface area contributed by atoms with Gasteiger partial charge in [-0.2, -0.15) is 5.10 Å². The molecule has 162 valence electrons. The van der Waals surface area contributed by atoms with Gasteiger partial charge in [0.15, 0.2) is 0 Å². The Bertz CT molecular complexity index is 1750. The van der Waals surface area contributed by atoms with Crippen molar-refractivity contribution in [2.75, 3.05) is 11.4 Å². The lowest BCUT2D eigenvalue weighted by Gasteiger charge is -2.28. The Hall–Kier alpha value is -3.28. The summed E-state index contributed by atoms with van der Waals surface area (Å²) in [7, 11) is 0. The molecule has 2 aromatic carbocycles. The van der Waals surface area contributed by atoms with Crippen LogP contribution in [0.2, 0.25) is 10.0 Å². The van der Waals surface area contributed by atoms with E-state index in [-0.39, 0.29) is 0 Å². The largest absolute Gasteiger partial charge is 0.361 e. The average molecular weight is 472 g/mol.